The predicted octanol–water partition coefficient (Wildman–Crippen LogP) is 0.162. The third-order valence-corrected chi connectivity index (χ3v) is 3.29. The minimum absolute atomic E-state index is 0.479. The Balaban J connectivity index is 2.69. The van der Waals surface area contributed by atoms with Crippen LogP contribution in [0.2, 0.25) is 0 Å². The summed E-state index contributed by atoms with van der Waals surface area (Å²) >= 11 is 0. The average molecular weight is 230 g/mol. The fraction of sp³-hybridized carbons (Fsp3) is 0.909. The summed E-state index contributed by atoms with van der Waals surface area (Å²) in [6, 6.07) is 0. The summed E-state index contributed by atoms with van der Waals surface area (Å²) < 4.78 is 5.00. The largest absolute Gasteiger partial charge is 0.480 e. The predicted molar refractivity (Wildman–Crippen MR) is 61.6 cm³/mol. The van der Waals surface area contributed by atoms with Gasteiger partial charge in [0.25, 0.3) is 0 Å². The number of carboxylic acid groups (broad SMARTS) is 1. The molecule has 1 aliphatic rings. The molecule has 1 aliphatic heterocycles. The molecule has 0 aromatic heterocycles. The quantitative estimate of drug-likeness (QED) is 0.704. The third kappa shape index (κ3) is 3.17. The van der Waals surface area contributed by atoms with Crippen molar-refractivity contribution >= 4 is 5.97 Å². The van der Waals surface area contributed by atoms with Crippen molar-refractivity contribution in [2.45, 2.75) is 25.3 Å². The number of aliphatic carboxylic acids is 1. The first kappa shape index (κ1) is 13.4. The maximum Gasteiger partial charge on any atom is 0.323 e. The van der Waals surface area contributed by atoms with Crippen LogP contribution >= 0.6 is 0 Å². The molecule has 1 unspecified atom stereocenters. The highest BCUT2D eigenvalue weighted by molar-refractivity contribution is 5.78. The molecule has 0 spiro atoms. The van der Waals surface area contributed by atoms with E-state index in [0.29, 0.717) is 13.0 Å². The molecule has 0 radical (unpaired) electrons. The lowest BCUT2D eigenvalue weighted by atomic mass is 9.95. The normalized spacial score (nSPS) is 22.4. The molecule has 5 nitrogen and oxygen atoms in total. The summed E-state index contributed by atoms with van der Waals surface area (Å²) in [7, 11) is 1.60. The van der Waals surface area contributed by atoms with Gasteiger partial charge in [0, 0.05) is 33.4 Å². The van der Waals surface area contributed by atoms with Crippen LogP contribution in [0, 0.1) is 0 Å². The van der Waals surface area contributed by atoms with Gasteiger partial charge in [-0.3, -0.25) is 9.69 Å². The highest BCUT2D eigenvalue weighted by Crippen LogP contribution is 2.21. The van der Waals surface area contributed by atoms with E-state index in [1.807, 2.05) is 4.90 Å². The van der Waals surface area contributed by atoms with Crippen LogP contribution in [0.5, 0.6) is 0 Å². The van der Waals surface area contributed by atoms with E-state index >= 15 is 0 Å². The van der Waals surface area contributed by atoms with Gasteiger partial charge in [-0.25, -0.2) is 0 Å². The van der Waals surface area contributed by atoms with Gasteiger partial charge in [0.05, 0.1) is 0 Å². The molecule has 0 bridgehead atoms. The highest BCUT2D eigenvalue weighted by atomic mass is 16.5. The van der Waals surface area contributed by atoms with E-state index in [1.165, 1.54) is 0 Å². The van der Waals surface area contributed by atoms with Crippen LogP contribution < -0.4 is 5.32 Å². The van der Waals surface area contributed by atoms with Gasteiger partial charge in [0.15, 0.2) is 0 Å². The molecule has 0 aromatic carbocycles. The van der Waals surface area contributed by atoms with Crippen molar-refractivity contribution in [1.29, 1.82) is 0 Å². The van der Waals surface area contributed by atoms with Crippen molar-refractivity contribution in [3.8, 4) is 0 Å². The van der Waals surface area contributed by atoms with Crippen molar-refractivity contribution in [1.82, 2.24) is 10.2 Å². The standard InChI is InChI=1S/C11H22N2O3/c1-11(10(14)15,4-9-16-2)13-7-3-5-12-6-8-13/h12H,3-9H2,1-2H3,(H,14,15). The van der Waals surface area contributed by atoms with Gasteiger partial charge in [0.2, 0.25) is 0 Å². The van der Waals surface area contributed by atoms with E-state index in [-0.39, 0.29) is 0 Å². The maximum absolute atomic E-state index is 11.4. The van der Waals surface area contributed by atoms with Crippen LogP contribution in [0.4, 0.5) is 0 Å². The van der Waals surface area contributed by atoms with E-state index in [9.17, 15) is 9.90 Å². The van der Waals surface area contributed by atoms with Crippen LogP contribution in [-0.2, 0) is 9.53 Å². The van der Waals surface area contributed by atoms with Gasteiger partial charge in [-0.05, 0) is 26.3 Å². The Bertz CT molecular complexity index is 227. The van der Waals surface area contributed by atoms with Crippen LogP contribution in [-0.4, -0.2) is 61.4 Å². The first-order chi connectivity index (χ1) is 7.61. The molecular formula is C11H22N2O3. The molecule has 0 saturated carbocycles. The van der Waals surface area contributed by atoms with E-state index in [4.69, 9.17) is 4.74 Å². The molecule has 0 aliphatic carbocycles. The molecule has 5 heteroatoms. The van der Waals surface area contributed by atoms with E-state index in [0.717, 1.165) is 32.6 Å². The van der Waals surface area contributed by atoms with Crippen LogP contribution in [0.1, 0.15) is 19.8 Å². The Hall–Kier alpha value is -0.650. The number of nitrogens with one attached hydrogen (secondary N) is 1. The van der Waals surface area contributed by atoms with E-state index in [1.54, 1.807) is 14.0 Å². The number of carbonyl (C=O) groups is 1. The summed E-state index contributed by atoms with van der Waals surface area (Å²) in [4.78, 5) is 13.5. The lowest BCUT2D eigenvalue weighted by molar-refractivity contribution is -0.151. The third-order valence-electron chi connectivity index (χ3n) is 3.29. The SMILES string of the molecule is COCCC(C)(C(=O)O)N1CCCNCC1. The number of rotatable bonds is 5. The lowest BCUT2D eigenvalue weighted by Gasteiger charge is -2.37. The maximum atomic E-state index is 11.4. The summed E-state index contributed by atoms with van der Waals surface area (Å²) in [5, 5.41) is 12.7. The van der Waals surface area contributed by atoms with Crippen molar-refractivity contribution in [3.05, 3.63) is 0 Å². The van der Waals surface area contributed by atoms with Crippen LogP contribution in [0.15, 0.2) is 0 Å². The highest BCUT2D eigenvalue weighted by Gasteiger charge is 2.39. The Morgan fingerprint density at radius 2 is 2.25 bits per heavy atom. The second-order valence-corrected chi connectivity index (χ2v) is 4.41. The Labute approximate surface area is 96.8 Å². The summed E-state index contributed by atoms with van der Waals surface area (Å²) in [5.41, 5.74) is -0.804. The topological polar surface area (TPSA) is 61.8 Å². The number of hydrogen-bond donors (Lipinski definition) is 2. The first-order valence-corrected chi connectivity index (χ1v) is 5.79. The first-order valence-electron chi connectivity index (χ1n) is 5.79. The average Bonchev–Trinajstić information content (AvgIpc) is 2.54. The number of hydrogen-bond acceptors (Lipinski definition) is 4. The molecule has 0 amide bonds. The zero-order valence-corrected chi connectivity index (χ0v) is 10.2. The minimum atomic E-state index is -0.804. The molecule has 1 rings (SSSR count). The van der Waals surface area contributed by atoms with Crippen LogP contribution in [0.3, 0.4) is 0 Å². The van der Waals surface area contributed by atoms with Gasteiger partial charge in [-0.15, -0.1) is 0 Å². The van der Waals surface area contributed by atoms with Gasteiger partial charge in [-0.1, -0.05) is 0 Å². The van der Waals surface area contributed by atoms with E-state index in [2.05, 4.69) is 5.32 Å². The Kier molecular flexibility index (Phi) is 5.18. The molecule has 16 heavy (non-hydrogen) atoms. The van der Waals surface area contributed by atoms with Crippen molar-refractivity contribution < 1.29 is 14.6 Å². The summed E-state index contributed by atoms with van der Waals surface area (Å²) in [5.74, 6) is -0.758. The second-order valence-electron chi connectivity index (χ2n) is 4.41. The molecule has 1 atom stereocenters. The zero-order valence-electron chi connectivity index (χ0n) is 10.2. The zero-order chi connectivity index (χ0) is 12.0. The van der Waals surface area contributed by atoms with E-state index < -0.39 is 11.5 Å². The monoisotopic (exact) mass is 230 g/mol. The second kappa shape index (κ2) is 6.18. The molecular weight excluding hydrogens is 208 g/mol. The number of ether oxygens (including phenoxy) is 1. The molecule has 1 fully saturated rings. The smallest absolute Gasteiger partial charge is 0.323 e. The molecule has 0 aromatic rings. The molecule has 94 valence electrons. The van der Waals surface area contributed by atoms with Crippen molar-refractivity contribution in [3.63, 3.8) is 0 Å². The van der Waals surface area contributed by atoms with Crippen molar-refractivity contribution in [2.24, 2.45) is 0 Å². The van der Waals surface area contributed by atoms with Crippen molar-refractivity contribution in [2.75, 3.05) is 39.9 Å². The number of nitrogens with zero attached hydrogens (tertiary/aromatic N) is 1. The number of methoxy groups -OCH3 is 1. The van der Waals surface area contributed by atoms with Gasteiger partial charge in [-0.2, -0.15) is 0 Å². The number of carboxylic acids is 1. The van der Waals surface area contributed by atoms with Crippen LogP contribution in [0.25, 0.3) is 0 Å². The fourth-order valence-electron chi connectivity index (χ4n) is 2.04. The van der Waals surface area contributed by atoms with Gasteiger partial charge < -0.3 is 15.2 Å². The summed E-state index contributed by atoms with van der Waals surface area (Å²) in [6.45, 7) is 5.71. The van der Waals surface area contributed by atoms with Gasteiger partial charge in [0.1, 0.15) is 5.54 Å². The Morgan fingerprint density at radius 3 is 2.88 bits per heavy atom. The summed E-state index contributed by atoms with van der Waals surface area (Å²) in [6.07, 6.45) is 1.52. The fourth-order valence-corrected chi connectivity index (χ4v) is 2.04. The Morgan fingerprint density at radius 1 is 1.50 bits per heavy atom. The molecule has 1 saturated heterocycles. The lowest BCUT2D eigenvalue weighted by Crippen LogP contribution is -2.54. The molecule has 1 heterocycles. The minimum Gasteiger partial charge on any atom is -0.480 e. The van der Waals surface area contributed by atoms with Gasteiger partial charge >= 0.3 is 5.97 Å². The molecule has 2 N–H and O–H groups in total.